The first-order valence-corrected chi connectivity index (χ1v) is 9.39. The minimum atomic E-state index is 0.599. The van der Waals surface area contributed by atoms with Crippen molar-refractivity contribution < 1.29 is 9.47 Å². The summed E-state index contributed by atoms with van der Waals surface area (Å²) in [5, 5.41) is 14.3. The highest BCUT2D eigenvalue weighted by Crippen LogP contribution is 2.31. The summed E-state index contributed by atoms with van der Waals surface area (Å²) in [6.07, 6.45) is 0.745. The molecule has 1 aliphatic heterocycles. The van der Waals surface area contributed by atoms with Crippen LogP contribution in [0.25, 0.3) is 4.96 Å². The molecule has 2 aromatic heterocycles. The van der Waals surface area contributed by atoms with Gasteiger partial charge in [0.05, 0.1) is 6.54 Å². The molecule has 3 heterocycles. The molecule has 0 N–H and O–H groups in total. The number of benzene rings is 1. The summed E-state index contributed by atoms with van der Waals surface area (Å²) in [7, 11) is 0. The van der Waals surface area contributed by atoms with E-state index in [4.69, 9.17) is 14.6 Å². The van der Waals surface area contributed by atoms with Crippen molar-refractivity contribution in [1.82, 2.24) is 24.7 Å². The molecular weight excluding hydrogens is 338 g/mol. The van der Waals surface area contributed by atoms with E-state index in [9.17, 15) is 0 Å². The number of hydrogen-bond acceptors (Lipinski definition) is 7. The summed E-state index contributed by atoms with van der Waals surface area (Å²) in [4.78, 5) is 3.14. The lowest BCUT2D eigenvalue weighted by Gasteiger charge is -2.18. The zero-order chi connectivity index (χ0) is 17.2. The van der Waals surface area contributed by atoms with Gasteiger partial charge < -0.3 is 9.47 Å². The molecule has 0 radical (unpaired) electrons. The van der Waals surface area contributed by atoms with E-state index in [1.54, 1.807) is 11.3 Å². The molecule has 132 valence electrons. The molecule has 0 aliphatic carbocycles. The highest BCUT2D eigenvalue weighted by molar-refractivity contribution is 7.16. The second kappa shape index (κ2) is 6.97. The fourth-order valence-electron chi connectivity index (χ4n) is 2.89. The number of ether oxygens (including phenoxy) is 2. The maximum absolute atomic E-state index is 5.66. The van der Waals surface area contributed by atoms with E-state index in [1.807, 2.05) is 16.6 Å². The molecule has 0 amide bonds. The Kier molecular flexibility index (Phi) is 4.54. The van der Waals surface area contributed by atoms with E-state index in [-0.39, 0.29) is 0 Å². The Bertz CT molecular complexity index is 871. The molecule has 0 atom stereocenters. The summed E-state index contributed by atoms with van der Waals surface area (Å²) in [6.45, 7) is 8.24. The maximum atomic E-state index is 5.66. The third-order valence-corrected chi connectivity index (χ3v) is 5.22. The van der Waals surface area contributed by atoms with Crippen molar-refractivity contribution in [2.24, 2.45) is 0 Å². The third kappa shape index (κ3) is 3.32. The SMILES string of the molecule is CCN(CC)Cc1nnc2sc(Cc3ccc4c(c3)OCCO4)nn12. The molecule has 0 spiro atoms. The van der Waals surface area contributed by atoms with Crippen molar-refractivity contribution in [3.05, 3.63) is 34.6 Å². The molecule has 1 aromatic carbocycles. The van der Waals surface area contributed by atoms with Gasteiger partial charge in [0.15, 0.2) is 17.3 Å². The van der Waals surface area contributed by atoms with Gasteiger partial charge in [0.25, 0.3) is 0 Å². The van der Waals surface area contributed by atoms with Crippen molar-refractivity contribution in [2.45, 2.75) is 26.8 Å². The molecule has 0 bridgehead atoms. The lowest BCUT2D eigenvalue weighted by Crippen LogP contribution is -2.23. The standard InChI is InChI=1S/C17H21N5O2S/c1-3-21(4-2)11-15-18-19-17-22(15)20-16(25-17)10-12-5-6-13-14(9-12)24-8-7-23-13/h5-6,9H,3-4,7-8,10-11H2,1-2H3. The van der Waals surface area contributed by atoms with Gasteiger partial charge in [0, 0.05) is 6.42 Å². The van der Waals surface area contributed by atoms with Gasteiger partial charge in [-0.25, -0.2) is 0 Å². The quantitative estimate of drug-likeness (QED) is 0.673. The zero-order valence-corrected chi connectivity index (χ0v) is 15.3. The maximum Gasteiger partial charge on any atom is 0.234 e. The lowest BCUT2D eigenvalue weighted by atomic mass is 10.1. The number of hydrogen-bond donors (Lipinski definition) is 0. The topological polar surface area (TPSA) is 64.8 Å². The monoisotopic (exact) mass is 359 g/mol. The molecule has 1 aliphatic rings. The highest BCUT2D eigenvalue weighted by atomic mass is 32.1. The molecule has 0 saturated heterocycles. The van der Waals surface area contributed by atoms with Crippen molar-refractivity contribution in [3.63, 3.8) is 0 Å². The Hall–Kier alpha value is -2.19. The molecule has 25 heavy (non-hydrogen) atoms. The van der Waals surface area contributed by atoms with Crippen LogP contribution < -0.4 is 9.47 Å². The Morgan fingerprint density at radius 3 is 2.72 bits per heavy atom. The minimum Gasteiger partial charge on any atom is -0.486 e. The van der Waals surface area contributed by atoms with Gasteiger partial charge in [-0.15, -0.1) is 10.2 Å². The average Bonchev–Trinajstić information content (AvgIpc) is 3.20. The largest absolute Gasteiger partial charge is 0.486 e. The van der Waals surface area contributed by atoms with Gasteiger partial charge in [0.1, 0.15) is 18.2 Å². The number of fused-ring (bicyclic) bond motifs is 2. The zero-order valence-electron chi connectivity index (χ0n) is 14.4. The van der Waals surface area contributed by atoms with Gasteiger partial charge in [-0.2, -0.15) is 9.61 Å². The Morgan fingerprint density at radius 1 is 1.12 bits per heavy atom. The molecule has 4 rings (SSSR count). The van der Waals surface area contributed by atoms with Crippen LogP contribution in [0.1, 0.15) is 30.2 Å². The van der Waals surface area contributed by atoms with E-state index < -0.39 is 0 Å². The van der Waals surface area contributed by atoms with E-state index >= 15 is 0 Å². The molecular formula is C17H21N5O2S. The van der Waals surface area contributed by atoms with E-state index in [2.05, 4.69) is 35.0 Å². The minimum absolute atomic E-state index is 0.599. The summed E-state index contributed by atoms with van der Waals surface area (Å²) < 4.78 is 13.1. The second-order valence-electron chi connectivity index (χ2n) is 5.92. The Morgan fingerprint density at radius 2 is 1.92 bits per heavy atom. The number of rotatable bonds is 6. The van der Waals surface area contributed by atoms with Crippen LogP contribution in [0, 0.1) is 0 Å². The number of nitrogens with zero attached hydrogens (tertiary/aromatic N) is 5. The predicted octanol–water partition coefficient (Wildman–Crippen LogP) is 2.39. The van der Waals surface area contributed by atoms with Crippen LogP contribution in [0.15, 0.2) is 18.2 Å². The van der Waals surface area contributed by atoms with Crippen molar-refractivity contribution >= 4 is 16.3 Å². The number of aromatic nitrogens is 4. The van der Waals surface area contributed by atoms with Crippen LogP contribution >= 0.6 is 11.3 Å². The summed E-state index contributed by atoms with van der Waals surface area (Å²) in [5.41, 5.74) is 1.15. The van der Waals surface area contributed by atoms with Gasteiger partial charge in [0.2, 0.25) is 4.96 Å². The van der Waals surface area contributed by atoms with Gasteiger partial charge in [-0.1, -0.05) is 31.3 Å². The third-order valence-electron chi connectivity index (χ3n) is 4.32. The van der Waals surface area contributed by atoms with Gasteiger partial charge in [-0.3, -0.25) is 4.90 Å². The molecule has 7 nitrogen and oxygen atoms in total. The Labute approximate surface area is 150 Å². The first-order chi connectivity index (χ1) is 12.3. The van der Waals surface area contributed by atoms with E-state index in [1.165, 1.54) is 0 Å². The van der Waals surface area contributed by atoms with Crippen molar-refractivity contribution in [1.29, 1.82) is 0 Å². The Balaban J connectivity index is 1.55. The molecule has 0 unspecified atom stereocenters. The first-order valence-electron chi connectivity index (χ1n) is 8.57. The van der Waals surface area contributed by atoms with Crippen LogP contribution in [0.5, 0.6) is 11.5 Å². The normalized spacial score (nSPS) is 13.7. The molecule has 3 aromatic rings. The second-order valence-corrected chi connectivity index (χ2v) is 6.96. The average molecular weight is 359 g/mol. The fourth-order valence-corrected chi connectivity index (χ4v) is 3.77. The summed E-state index contributed by atoms with van der Waals surface area (Å²) in [6, 6.07) is 6.07. The van der Waals surface area contributed by atoms with Crippen LogP contribution in [0.2, 0.25) is 0 Å². The highest BCUT2D eigenvalue weighted by Gasteiger charge is 2.16. The van der Waals surface area contributed by atoms with Crippen LogP contribution in [-0.4, -0.2) is 51.0 Å². The van der Waals surface area contributed by atoms with Crippen molar-refractivity contribution in [3.8, 4) is 11.5 Å². The van der Waals surface area contributed by atoms with Crippen LogP contribution in [0.3, 0.4) is 0 Å². The van der Waals surface area contributed by atoms with Crippen molar-refractivity contribution in [2.75, 3.05) is 26.3 Å². The molecule has 0 saturated carbocycles. The summed E-state index contributed by atoms with van der Waals surface area (Å²) in [5.74, 6) is 2.52. The smallest absolute Gasteiger partial charge is 0.234 e. The predicted molar refractivity (Wildman–Crippen MR) is 95.5 cm³/mol. The summed E-state index contributed by atoms with van der Waals surface area (Å²) >= 11 is 1.58. The lowest BCUT2D eigenvalue weighted by molar-refractivity contribution is 0.171. The molecule has 8 heteroatoms. The molecule has 0 fully saturated rings. The van der Waals surface area contributed by atoms with E-state index in [0.29, 0.717) is 13.2 Å². The van der Waals surface area contributed by atoms with E-state index in [0.717, 1.165) is 58.9 Å². The fraction of sp³-hybridized carbons (Fsp3) is 0.471. The van der Waals surface area contributed by atoms with Crippen LogP contribution in [0.4, 0.5) is 0 Å². The first kappa shape index (κ1) is 16.3. The van der Waals surface area contributed by atoms with Crippen LogP contribution in [-0.2, 0) is 13.0 Å². The van der Waals surface area contributed by atoms with Gasteiger partial charge >= 0.3 is 0 Å². The van der Waals surface area contributed by atoms with Gasteiger partial charge in [-0.05, 0) is 30.8 Å².